The number of anilines is 1. The molecule has 8 heteroatoms. The quantitative estimate of drug-likeness (QED) is 0.633. The molecule has 0 aliphatic rings. The molecule has 1 aromatic heterocycles. The Labute approximate surface area is 119 Å². The molecule has 0 radical (unpaired) electrons. The second kappa shape index (κ2) is 5.61. The first kappa shape index (κ1) is 14.5. The molecular formula is C13H14N4O4. The van der Waals surface area contributed by atoms with E-state index in [0.29, 0.717) is 5.82 Å². The summed E-state index contributed by atoms with van der Waals surface area (Å²) in [5, 5.41) is 27.3. The van der Waals surface area contributed by atoms with Crippen LogP contribution in [0, 0.1) is 0 Å². The van der Waals surface area contributed by atoms with Gasteiger partial charge in [0.2, 0.25) is 5.82 Å². The number of phenols is 1. The van der Waals surface area contributed by atoms with E-state index in [1.165, 1.54) is 12.1 Å². The third-order valence-corrected chi connectivity index (χ3v) is 2.75. The first-order valence-corrected chi connectivity index (χ1v) is 6.18. The highest BCUT2D eigenvalue weighted by atomic mass is 16.4. The number of benzene rings is 1. The number of nitrogens with zero attached hydrogens (tertiary/aromatic N) is 2. The summed E-state index contributed by atoms with van der Waals surface area (Å²) in [5.74, 6) is -1.49. The number of phenolic OH excluding ortho intramolecular Hbond substituents is 1. The van der Waals surface area contributed by atoms with E-state index in [-0.39, 0.29) is 28.7 Å². The van der Waals surface area contributed by atoms with E-state index in [0.717, 1.165) is 6.07 Å². The molecule has 0 spiro atoms. The van der Waals surface area contributed by atoms with Crippen LogP contribution in [0.5, 0.6) is 5.75 Å². The largest absolute Gasteiger partial charge is 0.506 e. The number of nitrogens with one attached hydrogen (secondary N) is 2. The minimum atomic E-state index is -1.17. The Bertz CT molecular complexity index is 693. The SMILES string of the molecule is CC(C)c1nc(C(=O)Nc2ccc(C(=O)O)cc2O)n[nH]1. The smallest absolute Gasteiger partial charge is 0.335 e. The van der Waals surface area contributed by atoms with Crippen LogP contribution >= 0.6 is 0 Å². The van der Waals surface area contributed by atoms with Gasteiger partial charge in [0.15, 0.2) is 0 Å². The minimum Gasteiger partial charge on any atom is -0.506 e. The van der Waals surface area contributed by atoms with Gasteiger partial charge in [0.1, 0.15) is 11.6 Å². The van der Waals surface area contributed by atoms with Crippen molar-refractivity contribution in [1.29, 1.82) is 0 Å². The number of amides is 1. The number of aromatic hydroxyl groups is 1. The van der Waals surface area contributed by atoms with Crippen molar-refractivity contribution in [1.82, 2.24) is 15.2 Å². The summed E-state index contributed by atoms with van der Waals surface area (Å²) in [5.41, 5.74) is 0.00591. The molecule has 0 atom stereocenters. The Kier molecular flexibility index (Phi) is 3.88. The Morgan fingerprint density at radius 1 is 1.33 bits per heavy atom. The summed E-state index contributed by atoms with van der Waals surface area (Å²) in [6.07, 6.45) is 0. The fourth-order valence-corrected chi connectivity index (χ4v) is 1.58. The van der Waals surface area contributed by atoms with Crippen LogP contribution in [-0.2, 0) is 0 Å². The highest BCUT2D eigenvalue weighted by molar-refractivity contribution is 6.02. The van der Waals surface area contributed by atoms with Gasteiger partial charge in [0.05, 0.1) is 11.3 Å². The van der Waals surface area contributed by atoms with E-state index in [1.54, 1.807) is 0 Å². The van der Waals surface area contributed by atoms with Crippen molar-refractivity contribution in [3.05, 3.63) is 35.4 Å². The number of hydrogen-bond donors (Lipinski definition) is 4. The molecule has 1 amide bonds. The molecule has 1 aromatic carbocycles. The maximum Gasteiger partial charge on any atom is 0.335 e. The number of carboxylic acid groups (broad SMARTS) is 1. The molecule has 21 heavy (non-hydrogen) atoms. The fourth-order valence-electron chi connectivity index (χ4n) is 1.58. The summed E-state index contributed by atoms with van der Waals surface area (Å²) < 4.78 is 0. The van der Waals surface area contributed by atoms with Crippen LogP contribution in [0.3, 0.4) is 0 Å². The number of aromatic carboxylic acids is 1. The third-order valence-electron chi connectivity index (χ3n) is 2.75. The lowest BCUT2D eigenvalue weighted by Gasteiger charge is -2.06. The average Bonchev–Trinajstić information content (AvgIpc) is 2.90. The number of hydrogen-bond acceptors (Lipinski definition) is 5. The maximum atomic E-state index is 11.9. The van der Waals surface area contributed by atoms with Crippen LogP contribution in [0.2, 0.25) is 0 Å². The van der Waals surface area contributed by atoms with Gasteiger partial charge in [-0.3, -0.25) is 9.89 Å². The van der Waals surface area contributed by atoms with Gasteiger partial charge in [-0.25, -0.2) is 9.78 Å². The lowest BCUT2D eigenvalue weighted by Crippen LogP contribution is -2.14. The van der Waals surface area contributed by atoms with Crippen LogP contribution in [-0.4, -0.2) is 37.3 Å². The third kappa shape index (κ3) is 3.16. The molecule has 0 aliphatic carbocycles. The van der Waals surface area contributed by atoms with E-state index in [2.05, 4.69) is 20.5 Å². The molecular weight excluding hydrogens is 276 g/mol. The van der Waals surface area contributed by atoms with E-state index in [4.69, 9.17) is 5.11 Å². The second-order valence-corrected chi connectivity index (χ2v) is 4.69. The van der Waals surface area contributed by atoms with Crippen LogP contribution in [0.25, 0.3) is 0 Å². The maximum absolute atomic E-state index is 11.9. The van der Waals surface area contributed by atoms with Crippen molar-refractivity contribution in [3.8, 4) is 5.75 Å². The second-order valence-electron chi connectivity index (χ2n) is 4.69. The Balaban J connectivity index is 2.17. The molecule has 2 rings (SSSR count). The van der Waals surface area contributed by atoms with E-state index < -0.39 is 11.9 Å². The zero-order chi connectivity index (χ0) is 15.6. The monoisotopic (exact) mass is 290 g/mol. The topological polar surface area (TPSA) is 128 Å². The van der Waals surface area contributed by atoms with Gasteiger partial charge in [-0.15, -0.1) is 5.10 Å². The van der Waals surface area contributed by atoms with Crippen LogP contribution in [0.1, 0.15) is 46.6 Å². The molecule has 1 heterocycles. The van der Waals surface area contributed by atoms with Crippen molar-refractivity contribution in [2.45, 2.75) is 19.8 Å². The normalized spacial score (nSPS) is 10.6. The molecule has 8 nitrogen and oxygen atoms in total. The summed E-state index contributed by atoms with van der Waals surface area (Å²) in [4.78, 5) is 26.7. The van der Waals surface area contributed by atoms with E-state index >= 15 is 0 Å². The predicted molar refractivity (Wildman–Crippen MR) is 73.5 cm³/mol. The number of rotatable bonds is 4. The molecule has 2 aromatic rings. The number of carbonyl (C=O) groups is 2. The first-order chi connectivity index (χ1) is 9.88. The lowest BCUT2D eigenvalue weighted by atomic mass is 10.2. The molecule has 0 saturated heterocycles. The Morgan fingerprint density at radius 2 is 2.05 bits per heavy atom. The van der Waals surface area contributed by atoms with Gasteiger partial charge >= 0.3 is 5.97 Å². The van der Waals surface area contributed by atoms with Gasteiger partial charge in [0, 0.05) is 5.92 Å². The van der Waals surface area contributed by atoms with Gasteiger partial charge in [-0.2, -0.15) is 0 Å². The van der Waals surface area contributed by atoms with Crippen molar-refractivity contribution < 1.29 is 19.8 Å². The molecule has 0 saturated carbocycles. The molecule has 0 unspecified atom stereocenters. The number of carboxylic acids is 1. The first-order valence-electron chi connectivity index (χ1n) is 6.18. The highest BCUT2D eigenvalue weighted by Crippen LogP contribution is 2.24. The standard InChI is InChI=1S/C13H14N4O4/c1-6(2)10-15-11(17-16-10)12(19)14-8-4-3-7(13(20)21)5-9(8)18/h3-6,18H,1-2H3,(H,14,19)(H,20,21)(H,15,16,17). The van der Waals surface area contributed by atoms with Gasteiger partial charge in [-0.05, 0) is 18.2 Å². The Hall–Kier alpha value is -2.90. The fraction of sp³-hybridized carbons (Fsp3) is 0.231. The van der Waals surface area contributed by atoms with Gasteiger partial charge in [-0.1, -0.05) is 13.8 Å². The zero-order valence-electron chi connectivity index (χ0n) is 11.4. The summed E-state index contributed by atoms with van der Waals surface area (Å²) in [6, 6.07) is 3.62. The highest BCUT2D eigenvalue weighted by Gasteiger charge is 2.16. The van der Waals surface area contributed by atoms with Crippen molar-refractivity contribution in [3.63, 3.8) is 0 Å². The van der Waals surface area contributed by atoms with E-state index in [9.17, 15) is 14.7 Å². The summed E-state index contributed by atoms with van der Waals surface area (Å²) >= 11 is 0. The summed E-state index contributed by atoms with van der Waals surface area (Å²) in [7, 11) is 0. The van der Waals surface area contributed by atoms with Gasteiger partial charge < -0.3 is 15.5 Å². The van der Waals surface area contributed by atoms with E-state index in [1.807, 2.05) is 13.8 Å². The number of aromatic amines is 1. The number of aromatic nitrogens is 3. The van der Waals surface area contributed by atoms with Crippen molar-refractivity contribution in [2.75, 3.05) is 5.32 Å². The molecule has 0 bridgehead atoms. The summed E-state index contributed by atoms with van der Waals surface area (Å²) in [6.45, 7) is 3.80. The number of H-pyrrole nitrogens is 1. The molecule has 4 N–H and O–H groups in total. The van der Waals surface area contributed by atoms with Crippen LogP contribution < -0.4 is 5.32 Å². The van der Waals surface area contributed by atoms with Crippen molar-refractivity contribution >= 4 is 17.6 Å². The lowest BCUT2D eigenvalue weighted by molar-refractivity contribution is 0.0696. The molecule has 0 aliphatic heterocycles. The predicted octanol–water partition coefficient (Wildman–Crippen LogP) is 1.58. The van der Waals surface area contributed by atoms with Gasteiger partial charge in [0.25, 0.3) is 5.91 Å². The van der Waals surface area contributed by atoms with Crippen LogP contribution in [0.4, 0.5) is 5.69 Å². The van der Waals surface area contributed by atoms with Crippen molar-refractivity contribution in [2.24, 2.45) is 0 Å². The number of carbonyl (C=O) groups excluding carboxylic acids is 1. The zero-order valence-corrected chi connectivity index (χ0v) is 11.4. The molecule has 110 valence electrons. The minimum absolute atomic E-state index is 0.0552. The Morgan fingerprint density at radius 3 is 2.57 bits per heavy atom. The van der Waals surface area contributed by atoms with Crippen LogP contribution in [0.15, 0.2) is 18.2 Å². The molecule has 0 fully saturated rings. The average molecular weight is 290 g/mol.